The molecule has 1 aromatic carbocycles. The van der Waals surface area contributed by atoms with Crippen molar-refractivity contribution in [3.63, 3.8) is 0 Å². The van der Waals surface area contributed by atoms with Gasteiger partial charge in [0.05, 0.1) is 5.69 Å². The Balaban J connectivity index is 1.37. The molecule has 0 atom stereocenters. The minimum absolute atomic E-state index is 0.0209. The van der Waals surface area contributed by atoms with Crippen molar-refractivity contribution in [3.8, 4) is 11.6 Å². The van der Waals surface area contributed by atoms with E-state index in [1.165, 1.54) is 7.05 Å². The van der Waals surface area contributed by atoms with E-state index >= 15 is 0 Å². The van der Waals surface area contributed by atoms with Crippen molar-refractivity contribution in [1.82, 2.24) is 24.3 Å². The van der Waals surface area contributed by atoms with E-state index in [4.69, 9.17) is 4.74 Å². The molecule has 0 radical (unpaired) electrons. The number of hydrogen-bond donors (Lipinski definition) is 3. The second-order valence-electron chi connectivity index (χ2n) is 6.64. The van der Waals surface area contributed by atoms with E-state index in [9.17, 15) is 8.42 Å². The van der Waals surface area contributed by atoms with Crippen molar-refractivity contribution in [2.24, 2.45) is 0 Å². The lowest BCUT2D eigenvalue weighted by atomic mass is 10.0. The van der Waals surface area contributed by atoms with Crippen molar-refractivity contribution < 1.29 is 13.2 Å². The average molecular weight is 390 g/mol. The number of likely N-dealkylation sites (tertiary alicyclic amines) is 1. The first-order chi connectivity index (χ1) is 13.0. The number of fused-ring (bicyclic) bond motifs is 2. The van der Waals surface area contributed by atoms with Crippen molar-refractivity contribution in [1.29, 1.82) is 0 Å². The Bertz CT molecular complexity index is 928. The molecule has 0 bridgehead atoms. The lowest BCUT2D eigenvalue weighted by Gasteiger charge is -2.32. The highest BCUT2D eigenvalue weighted by atomic mass is 32.2. The van der Waals surface area contributed by atoms with E-state index in [-0.39, 0.29) is 6.04 Å². The van der Waals surface area contributed by atoms with Crippen LogP contribution in [-0.2, 0) is 16.8 Å². The van der Waals surface area contributed by atoms with E-state index < -0.39 is 10.2 Å². The molecule has 0 unspecified atom stereocenters. The van der Waals surface area contributed by atoms with Gasteiger partial charge in [-0.2, -0.15) is 13.1 Å². The Morgan fingerprint density at radius 1 is 1.26 bits per heavy atom. The maximum absolute atomic E-state index is 11.6. The predicted octanol–water partition coefficient (Wildman–Crippen LogP) is 1.34. The number of nitrogens with one attached hydrogen (secondary N) is 3. The molecule has 0 amide bonds. The summed E-state index contributed by atoms with van der Waals surface area (Å²) in [6, 6.07) is 6.01. The lowest BCUT2D eigenvalue weighted by Crippen LogP contribution is -2.47. The average Bonchev–Trinajstić information content (AvgIpc) is 2.68. The summed E-state index contributed by atoms with van der Waals surface area (Å²) in [6.07, 6.45) is 4.79. The molecule has 0 spiro atoms. The summed E-state index contributed by atoms with van der Waals surface area (Å²) in [4.78, 5) is 10.7. The number of aromatic nitrogens is 2. The first-order valence-corrected chi connectivity index (χ1v) is 10.3. The summed E-state index contributed by atoms with van der Waals surface area (Å²) in [6.45, 7) is 2.48. The normalized spacial score (nSPS) is 17.5. The summed E-state index contributed by atoms with van der Waals surface area (Å²) >= 11 is 0. The van der Waals surface area contributed by atoms with Gasteiger partial charge >= 0.3 is 0 Å². The highest BCUT2D eigenvalue weighted by Crippen LogP contribution is 2.39. The number of rotatable bonds is 5. The van der Waals surface area contributed by atoms with Crippen LogP contribution in [0.15, 0.2) is 30.6 Å². The second kappa shape index (κ2) is 7.39. The van der Waals surface area contributed by atoms with Crippen LogP contribution in [0.25, 0.3) is 0 Å². The highest BCUT2D eigenvalue weighted by Gasteiger charge is 2.23. The summed E-state index contributed by atoms with van der Waals surface area (Å²) < 4.78 is 33.9. The van der Waals surface area contributed by atoms with Gasteiger partial charge in [0.1, 0.15) is 0 Å². The maximum Gasteiger partial charge on any atom is 0.276 e. The lowest BCUT2D eigenvalue weighted by molar-refractivity contribution is 0.200. The molecule has 9 nitrogen and oxygen atoms in total. The van der Waals surface area contributed by atoms with Gasteiger partial charge in [0.15, 0.2) is 11.6 Å². The molecular weight excluding hydrogens is 368 g/mol. The van der Waals surface area contributed by atoms with Crippen LogP contribution in [0.3, 0.4) is 0 Å². The first kappa shape index (κ1) is 18.1. The standard InChI is InChI=1S/C17H22N6O3S/c1-18-27(24,25)22-13-4-8-23(9-5-13)11-12-2-3-15-14(10-12)21-16-17(26-15)20-7-6-19-16/h2-3,6-7,10,13,18,22H,4-5,8-9,11H2,1H3,(H,19,21). The summed E-state index contributed by atoms with van der Waals surface area (Å²) in [7, 11) is -1.97. The van der Waals surface area contributed by atoms with E-state index in [0.29, 0.717) is 11.7 Å². The topological polar surface area (TPSA) is 108 Å². The van der Waals surface area contributed by atoms with Crippen molar-refractivity contribution in [2.45, 2.75) is 25.4 Å². The molecule has 3 heterocycles. The number of ether oxygens (including phenoxy) is 1. The fourth-order valence-corrected chi connectivity index (χ4v) is 4.12. The fourth-order valence-electron chi connectivity index (χ4n) is 3.33. The van der Waals surface area contributed by atoms with Gasteiger partial charge < -0.3 is 10.1 Å². The first-order valence-electron chi connectivity index (χ1n) is 8.84. The number of anilines is 2. The largest absolute Gasteiger partial charge is 0.434 e. The van der Waals surface area contributed by atoms with Crippen molar-refractivity contribution in [3.05, 3.63) is 36.2 Å². The fraction of sp³-hybridized carbons (Fsp3) is 0.412. The van der Waals surface area contributed by atoms with Crippen LogP contribution in [0.2, 0.25) is 0 Å². The third kappa shape index (κ3) is 4.19. The molecule has 0 saturated carbocycles. The monoisotopic (exact) mass is 390 g/mol. The van der Waals surface area contributed by atoms with E-state index in [0.717, 1.165) is 49.5 Å². The number of hydrogen-bond acceptors (Lipinski definition) is 7. The molecule has 1 saturated heterocycles. The van der Waals surface area contributed by atoms with Crippen molar-refractivity contribution in [2.75, 3.05) is 25.5 Å². The molecule has 4 rings (SSSR count). The van der Waals surface area contributed by atoms with Gasteiger partial charge in [-0.15, -0.1) is 0 Å². The van der Waals surface area contributed by atoms with E-state index in [2.05, 4.69) is 35.7 Å². The Kier molecular flexibility index (Phi) is 4.96. The Hall–Kier alpha value is -2.27. The van der Waals surface area contributed by atoms with Gasteiger partial charge in [0.2, 0.25) is 0 Å². The molecule has 0 aliphatic carbocycles. The van der Waals surface area contributed by atoms with Crippen LogP contribution >= 0.6 is 0 Å². The van der Waals surface area contributed by atoms with Gasteiger partial charge in [-0.3, -0.25) is 4.90 Å². The predicted molar refractivity (Wildman–Crippen MR) is 101 cm³/mol. The zero-order valence-electron chi connectivity index (χ0n) is 15.0. The summed E-state index contributed by atoms with van der Waals surface area (Å²) in [5.74, 6) is 1.82. The zero-order chi connectivity index (χ0) is 18.9. The molecule has 10 heteroatoms. The Morgan fingerprint density at radius 3 is 2.81 bits per heavy atom. The van der Waals surface area contributed by atoms with Crippen LogP contribution in [0.4, 0.5) is 11.5 Å². The van der Waals surface area contributed by atoms with Gasteiger partial charge in [0, 0.05) is 45.1 Å². The third-order valence-electron chi connectivity index (χ3n) is 4.75. The van der Waals surface area contributed by atoms with Gasteiger partial charge in [-0.1, -0.05) is 6.07 Å². The number of piperidine rings is 1. The molecule has 2 aliphatic heterocycles. The highest BCUT2D eigenvalue weighted by molar-refractivity contribution is 7.87. The minimum Gasteiger partial charge on any atom is -0.434 e. The van der Waals surface area contributed by atoms with Gasteiger partial charge in [-0.25, -0.2) is 14.7 Å². The van der Waals surface area contributed by atoms with Crippen LogP contribution in [0.5, 0.6) is 11.6 Å². The molecule has 27 heavy (non-hydrogen) atoms. The summed E-state index contributed by atoms with van der Waals surface area (Å²) in [5, 5.41) is 3.26. The molecular formula is C17H22N6O3S. The Labute approximate surface area is 158 Å². The van der Waals surface area contributed by atoms with E-state index in [1.807, 2.05) is 12.1 Å². The zero-order valence-corrected chi connectivity index (χ0v) is 15.8. The molecule has 1 fully saturated rings. The summed E-state index contributed by atoms with van der Waals surface area (Å²) in [5.41, 5.74) is 2.03. The van der Waals surface area contributed by atoms with Crippen LogP contribution in [0.1, 0.15) is 18.4 Å². The molecule has 144 valence electrons. The number of benzene rings is 1. The maximum atomic E-state index is 11.6. The van der Waals surface area contributed by atoms with Crippen molar-refractivity contribution >= 4 is 21.7 Å². The van der Waals surface area contributed by atoms with Gasteiger partial charge in [0.25, 0.3) is 16.1 Å². The van der Waals surface area contributed by atoms with Gasteiger partial charge in [-0.05, 0) is 30.5 Å². The third-order valence-corrected chi connectivity index (χ3v) is 5.93. The van der Waals surface area contributed by atoms with Crippen LogP contribution in [0, 0.1) is 0 Å². The molecule has 3 N–H and O–H groups in total. The Morgan fingerprint density at radius 2 is 2.04 bits per heavy atom. The number of nitrogens with zero attached hydrogens (tertiary/aromatic N) is 3. The molecule has 1 aromatic heterocycles. The second-order valence-corrected chi connectivity index (χ2v) is 8.29. The van der Waals surface area contributed by atoms with E-state index in [1.54, 1.807) is 12.4 Å². The van der Waals surface area contributed by atoms with Crippen LogP contribution < -0.4 is 19.5 Å². The molecule has 2 aliphatic rings. The minimum atomic E-state index is -3.38. The van der Waals surface area contributed by atoms with Crippen LogP contribution in [-0.4, -0.2) is 49.5 Å². The molecule has 2 aromatic rings. The quantitative estimate of drug-likeness (QED) is 0.603. The SMILES string of the molecule is CNS(=O)(=O)NC1CCN(Cc2ccc3c(c2)Nc2nccnc2O3)CC1. The smallest absolute Gasteiger partial charge is 0.276 e.